The van der Waals surface area contributed by atoms with E-state index in [1.165, 1.54) is 7.11 Å². The molecule has 0 radical (unpaired) electrons. The second kappa shape index (κ2) is 9.35. The van der Waals surface area contributed by atoms with E-state index < -0.39 is 0 Å². The third kappa shape index (κ3) is 4.82. The maximum atomic E-state index is 11.7. The van der Waals surface area contributed by atoms with Crippen LogP contribution in [0.25, 0.3) is 11.3 Å². The van der Waals surface area contributed by atoms with Crippen LogP contribution < -0.4 is 4.90 Å². The summed E-state index contributed by atoms with van der Waals surface area (Å²) in [5, 5.41) is 9.22. The molecule has 1 fully saturated rings. The summed E-state index contributed by atoms with van der Waals surface area (Å²) in [6.07, 6.45) is 4.11. The van der Waals surface area contributed by atoms with Crippen LogP contribution in [0.2, 0.25) is 12.6 Å². The van der Waals surface area contributed by atoms with Gasteiger partial charge in [0, 0.05) is 24.1 Å². The van der Waals surface area contributed by atoms with Gasteiger partial charge in [0.2, 0.25) is 6.41 Å². The van der Waals surface area contributed by atoms with Gasteiger partial charge in [0.25, 0.3) is 6.71 Å². The van der Waals surface area contributed by atoms with Gasteiger partial charge in [-0.15, -0.1) is 0 Å². The van der Waals surface area contributed by atoms with Gasteiger partial charge in [0.15, 0.2) is 0 Å². The Labute approximate surface area is 171 Å². The summed E-state index contributed by atoms with van der Waals surface area (Å²) in [5.41, 5.74) is 2.80. The van der Waals surface area contributed by atoms with Crippen molar-refractivity contribution in [3.05, 3.63) is 48.2 Å². The van der Waals surface area contributed by atoms with Crippen molar-refractivity contribution in [3.63, 3.8) is 0 Å². The number of nitrogens with zero attached hydrogens (tertiary/aromatic N) is 4. The molecule has 1 aromatic heterocycles. The first-order chi connectivity index (χ1) is 14.0. The number of methoxy groups -OCH3 is 1. The number of aromatic nitrogens is 1. The van der Waals surface area contributed by atoms with Crippen molar-refractivity contribution in [3.8, 4) is 17.2 Å². The number of nitriles is 1. The Morgan fingerprint density at radius 2 is 2.14 bits per heavy atom. The predicted molar refractivity (Wildman–Crippen MR) is 112 cm³/mol. The molecule has 2 aromatic rings. The lowest BCUT2D eigenvalue weighted by Crippen LogP contribution is -2.48. The van der Waals surface area contributed by atoms with Gasteiger partial charge in [-0.3, -0.25) is 9.78 Å². The topological polar surface area (TPSA) is 86.5 Å². The van der Waals surface area contributed by atoms with Gasteiger partial charge in [0.05, 0.1) is 30.3 Å². The molecule has 8 heteroatoms. The number of anilines is 1. The molecule has 1 amide bonds. The number of ether oxygens (including phenoxy) is 1. The molecule has 0 N–H and O–H groups in total. The first-order valence-electron chi connectivity index (χ1n) is 9.52. The molecule has 7 nitrogen and oxygen atoms in total. The fourth-order valence-corrected chi connectivity index (χ4v) is 3.56. The molecule has 0 spiro atoms. The van der Waals surface area contributed by atoms with Crippen molar-refractivity contribution in [1.82, 2.24) is 9.88 Å². The van der Waals surface area contributed by atoms with E-state index in [2.05, 4.69) is 15.9 Å². The highest BCUT2D eigenvalue weighted by Gasteiger charge is 2.30. The molecule has 1 aliphatic rings. The minimum atomic E-state index is -0.382. The molecule has 0 saturated carbocycles. The maximum absolute atomic E-state index is 11.7. The quantitative estimate of drug-likeness (QED) is 0.428. The number of hydrogen-bond donors (Lipinski definition) is 0. The number of carbonyl (C=O) groups excluding carboxylic acids is 2. The lowest BCUT2D eigenvalue weighted by molar-refractivity contribution is -0.107. The zero-order valence-electron chi connectivity index (χ0n) is 16.6. The van der Waals surface area contributed by atoms with E-state index in [1.807, 2.05) is 31.3 Å². The summed E-state index contributed by atoms with van der Waals surface area (Å²) in [5.74, 6) is 1.97. The number of carbonyl (C=O) groups is 2. The summed E-state index contributed by atoms with van der Waals surface area (Å²) in [7, 11) is 3.38. The van der Waals surface area contributed by atoms with Crippen LogP contribution in [0.5, 0.6) is 0 Å². The molecule has 2 heterocycles. The van der Waals surface area contributed by atoms with E-state index in [0.717, 1.165) is 36.9 Å². The Hall–Kier alpha value is -3.18. The number of esters is 1. The van der Waals surface area contributed by atoms with Crippen LogP contribution in [-0.2, 0) is 9.53 Å². The van der Waals surface area contributed by atoms with Crippen molar-refractivity contribution in [1.29, 1.82) is 5.26 Å². The van der Waals surface area contributed by atoms with Crippen LogP contribution in [0.1, 0.15) is 10.4 Å². The van der Waals surface area contributed by atoms with Gasteiger partial charge < -0.3 is 14.5 Å². The fraction of sp³-hybridized carbons (Fsp3) is 0.333. The molecule has 1 unspecified atom stereocenters. The van der Waals surface area contributed by atoms with Crippen molar-refractivity contribution in [2.24, 2.45) is 0 Å². The SMILES string of the molecule is COC(=O)c1ccc(-c2ccc(N(C=O)CC3CB(C#N)CCN3C)cn2)cc1. The molecule has 1 aromatic carbocycles. The van der Waals surface area contributed by atoms with E-state index in [-0.39, 0.29) is 18.7 Å². The minimum Gasteiger partial charge on any atom is -0.465 e. The zero-order valence-corrected chi connectivity index (χ0v) is 16.6. The molecular weight excluding hydrogens is 367 g/mol. The number of amides is 1. The largest absolute Gasteiger partial charge is 0.465 e. The Kier molecular flexibility index (Phi) is 6.63. The van der Waals surface area contributed by atoms with Crippen molar-refractivity contribution < 1.29 is 14.3 Å². The molecule has 29 heavy (non-hydrogen) atoms. The standard InChI is InChI=1S/C21H23BN4O3/c1-25-10-9-22(14-23)11-19(25)13-26(15-27)18-7-8-20(24-12-18)16-3-5-17(6-4-16)21(28)29-2/h3-8,12,15,19H,9-11,13H2,1-2H3. The summed E-state index contributed by atoms with van der Waals surface area (Å²) >= 11 is 0. The number of benzene rings is 1. The van der Waals surface area contributed by atoms with E-state index >= 15 is 0 Å². The summed E-state index contributed by atoms with van der Waals surface area (Å²) in [4.78, 5) is 31.5. The van der Waals surface area contributed by atoms with Gasteiger partial charge in [-0.05, 0) is 50.5 Å². The molecule has 1 saturated heterocycles. The third-order valence-electron chi connectivity index (χ3n) is 5.41. The normalized spacial score (nSPS) is 16.7. The highest BCUT2D eigenvalue weighted by Crippen LogP contribution is 2.23. The van der Waals surface area contributed by atoms with Gasteiger partial charge in [-0.1, -0.05) is 12.1 Å². The first-order valence-corrected chi connectivity index (χ1v) is 9.52. The average molecular weight is 390 g/mol. The average Bonchev–Trinajstić information content (AvgIpc) is 2.78. The predicted octanol–water partition coefficient (Wildman–Crippen LogP) is 2.37. The van der Waals surface area contributed by atoms with E-state index in [9.17, 15) is 14.9 Å². The highest BCUT2D eigenvalue weighted by molar-refractivity contribution is 6.67. The summed E-state index contributed by atoms with van der Waals surface area (Å²) in [6.45, 7) is 1.42. The lowest BCUT2D eigenvalue weighted by Gasteiger charge is -2.36. The van der Waals surface area contributed by atoms with Crippen LogP contribution in [0.15, 0.2) is 42.6 Å². The molecule has 0 bridgehead atoms. The van der Waals surface area contributed by atoms with Gasteiger partial charge in [-0.2, -0.15) is 0 Å². The Morgan fingerprint density at radius 1 is 1.38 bits per heavy atom. The monoisotopic (exact) mass is 390 g/mol. The maximum Gasteiger partial charge on any atom is 0.337 e. The van der Waals surface area contributed by atoms with Crippen LogP contribution in [-0.4, -0.2) is 62.3 Å². The Bertz CT molecular complexity index is 896. The van der Waals surface area contributed by atoms with E-state index in [4.69, 9.17) is 4.74 Å². The molecule has 0 aliphatic carbocycles. The van der Waals surface area contributed by atoms with Gasteiger partial charge in [-0.25, -0.2) is 10.1 Å². The fourth-order valence-electron chi connectivity index (χ4n) is 3.56. The minimum absolute atomic E-state index is 0.0400. The van der Waals surface area contributed by atoms with Crippen LogP contribution in [0.4, 0.5) is 5.69 Å². The number of likely N-dealkylation sites (N-methyl/N-ethyl adjacent to an activating group) is 1. The summed E-state index contributed by atoms with van der Waals surface area (Å²) < 4.78 is 4.71. The zero-order chi connectivity index (χ0) is 20.8. The highest BCUT2D eigenvalue weighted by atomic mass is 16.5. The number of pyridine rings is 1. The van der Waals surface area contributed by atoms with Gasteiger partial charge >= 0.3 is 5.97 Å². The van der Waals surface area contributed by atoms with Crippen LogP contribution in [0.3, 0.4) is 0 Å². The summed E-state index contributed by atoms with van der Waals surface area (Å²) in [6, 6.07) is 10.9. The van der Waals surface area contributed by atoms with E-state index in [1.54, 1.807) is 23.2 Å². The smallest absolute Gasteiger partial charge is 0.337 e. The molecule has 1 atom stereocenters. The van der Waals surface area contributed by atoms with Crippen molar-refractivity contribution in [2.45, 2.75) is 18.7 Å². The molecule has 1 aliphatic heterocycles. The molecule has 148 valence electrons. The molecular formula is C21H23BN4O3. The lowest BCUT2D eigenvalue weighted by atomic mass is 9.43. The molecule has 3 rings (SSSR count). The number of hydrogen-bond acceptors (Lipinski definition) is 6. The number of rotatable bonds is 6. The first kappa shape index (κ1) is 20.6. The second-order valence-electron chi connectivity index (χ2n) is 7.21. The van der Waals surface area contributed by atoms with Crippen LogP contribution in [0, 0.1) is 11.2 Å². The Balaban J connectivity index is 1.71. The van der Waals surface area contributed by atoms with E-state index in [0.29, 0.717) is 17.8 Å². The van der Waals surface area contributed by atoms with Gasteiger partial charge in [0.1, 0.15) is 0 Å². The second-order valence-corrected chi connectivity index (χ2v) is 7.21. The Morgan fingerprint density at radius 3 is 2.72 bits per heavy atom. The van der Waals surface area contributed by atoms with Crippen molar-refractivity contribution >= 4 is 24.8 Å². The third-order valence-corrected chi connectivity index (χ3v) is 5.41. The van der Waals surface area contributed by atoms with Crippen molar-refractivity contribution in [2.75, 3.05) is 32.1 Å². The van der Waals surface area contributed by atoms with Crippen LogP contribution >= 0.6 is 0 Å².